The van der Waals surface area contributed by atoms with Crippen molar-refractivity contribution in [3.05, 3.63) is 89.5 Å². The van der Waals surface area contributed by atoms with Gasteiger partial charge in [0.2, 0.25) is 0 Å². The maximum atomic E-state index is 11.5. The number of carboxylic acid groups (broad SMARTS) is 1. The van der Waals surface area contributed by atoms with E-state index in [1.165, 1.54) is 34.6 Å². The van der Waals surface area contributed by atoms with Crippen LogP contribution >= 0.6 is 0 Å². The first kappa shape index (κ1) is 23.1. The first-order valence-electron chi connectivity index (χ1n) is 13.2. The van der Waals surface area contributed by atoms with Crippen molar-refractivity contribution in [2.75, 3.05) is 29.4 Å². The summed E-state index contributed by atoms with van der Waals surface area (Å²) in [4.78, 5) is 19.4. The second-order valence-electron chi connectivity index (χ2n) is 11.0. The monoisotopic (exact) mass is 481 g/mol. The highest BCUT2D eigenvalue weighted by atomic mass is 16.4. The van der Waals surface area contributed by atoms with E-state index in [4.69, 9.17) is 0 Å². The summed E-state index contributed by atoms with van der Waals surface area (Å²) in [5, 5.41) is 9.47. The minimum atomic E-state index is -0.732. The molecular formula is C31H35N3O2. The van der Waals surface area contributed by atoms with Crippen LogP contribution in [0.15, 0.2) is 72.8 Å². The fourth-order valence-corrected chi connectivity index (χ4v) is 6.76. The zero-order chi connectivity index (χ0) is 24.9. The minimum Gasteiger partial charge on any atom is -0.481 e. The molecule has 1 spiro atoms. The van der Waals surface area contributed by atoms with Gasteiger partial charge in [0, 0.05) is 37.9 Å². The number of fused-ring (bicyclic) bond motifs is 3. The van der Waals surface area contributed by atoms with Crippen molar-refractivity contribution in [2.24, 2.45) is 0 Å². The van der Waals surface area contributed by atoms with E-state index in [0.29, 0.717) is 6.04 Å². The molecule has 5 heteroatoms. The molecule has 2 fully saturated rings. The molecule has 2 bridgehead atoms. The molecule has 0 radical (unpaired) electrons. The summed E-state index contributed by atoms with van der Waals surface area (Å²) in [7, 11) is 0. The van der Waals surface area contributed by atoms with Crippen molar-refractivity contribution in [2.45, 2.75) is 57.2 Å². The van der Waals surface area contributed by atoms with E-state index >= 15 is 0 Å². The van der Waals surface area contributed by atoms with Gasteiger partial charge in [0.15, 0.2) is 0 Å². The molecule has 3 heterocycles. The molecule has 1 N–H and O–H groups in total. The van der Waals surface area contributed by atoms with Gasteiger partial charge in [0.25, 0.3) is 0 Å². The van der Waals surface area contributed by atoms with E-state index in [2.05, 4.69) is 101 Å². The Kier molecular flexibility index (Phi) is 5.76. The van der Waals surface area contributed by atoms with Crippen LogP contribution in [0.25, 0.3) is 0 Å². The van der Waals surface area contributed by atoms with E-state index in [-0.39, 0.29) is 17.9 Å². The summed E-state index contributed by atoms with van der Waals surface area (Å²) in [5.41, 5.74) is 7.57. The Hall–Kier alpha value is -3.31. The van der Waals surface area contributed by atoms with E-state index in [1.54, 1.807) is 0 Å². The van der Waals surface area contributed by atoms with Crippen LogP contribution in [0.2, 0.25) is 0 Å². The molecule has 6 rings (SSSR count). The zero-order valence-corrected chi connectivity index (χ0v) is 21.2. The van der Waals surface area contributed by atoms with Crippen molar-refractivity contribution in [3.8, 4) is 0 Å². The number of aliphatic carboxylic acids is 1. The van der Waals surface area contributed by atoms with E-state index < -0.39 is 5.97 Å². The van der Waals surface area contributed by atoms with Gasteiger partial charge in [-0.25, -0.2) is 0 Å². The highest BCUT2D eigenvalue weighted by molar-refractivity contribution is 5.83. The van der Waals surface area contributed by atoms with Gasteiger partial charge in [-0.1, -0.05) is 61.0 Å². The average molecular weight is 482 g/mol. The molecule has 3 aliphatic heterocycles. The maximum absolute atomic E-state index is 11.5. The van der Waals surface area contributed by atoms with E-state index in [0.717, 1.165) is 38.2 Å². The van der Waals surface area contributed by atoms with Crippen LogP contribution in [0.4, 0.5) is 17.1 Å². The van der Waals surface area contributed by atoms with Gasteiger partial charge in [-0.2, -0.15) is 0 Å². The standard InChI is InChI=1S/C31H35N3O2/c1-3-24(16-30(35)36)25-11-14-28-29(15-25)33(26-12-9-22(2)10-13-26)21-31-17-27(19-34(28)31)32(20-31)18-23-7-5-4-6-8-23/h4-15,24,27H,3,16-21H2,1-2H3,(H,35,36)/t24?,27-,31-/m0/s1. The summed E-state index contributed by atoms with van der Waals surface area (Å²) in [6.45, 7) is 8.28. The molecule has 0 saturated carbocycles. The zero-order valence-electron chi connectivity index (χ0n) is 21.2. The predicted octanol–water partition coefficient (Wildman–Crippen LogP) is 5.95. The lowest BCUT2D eigenvalue weighted by Crippen LogP contribution is -2.61. The lowest BCUT2D eigenvalue weighted by molar-refractivity contribution is -0.137. The first-order chi connectivity index (χ1) is 17.5. The van der Waals surface area contributed by atoms with Gasteiger partial charge in [0.1, 0.15) is 0 Å². The normalized spacial score (nSPS) is 23.4. The number of carbonyl (C=O) groups is 1. The van der Waals surface area contributed by atoms with Crippen LogP contribution < -0.4 is 9.80 Å². The van der Waals surface area contributed by atoms with Crippen molar-refractivity contribution >= 4 is 23.0 Å². The van der Waals surface area contributed by atoms with Crippen molar-refractivity contribution in [3.63, 3.8) is 0 Å². The van der Waals surface area contributed by atoms with Crippen LogP contribution in [0.5, 0.6) is 0 Å². The molecule has 2 saturated heterocycles. The summed E-state index contributed by atoms with van der Waals surface area (Å²) in [6, 6.07) is 26.9. The second-order valence-corrected chi connectivity index (χ2v) is 11.0. The number of carboxylic acids is 1. The van der Waals surface area contributed by atoms with Crippen LogP contribution in [0.1, 0.15) is 48.8 Å². The molecule has 3 aromatic rings. The molecule has 0 aliphatic carbocycles. The van der Waals surface area contributed by atoms with Crippen molar-refractivity contribution in [1.82, 2.24) is 4.90 Å². The van der Waals surface area contributed by atoms with Gasteiger partial charge in [-0.3, -0.25) is 9.69 Å². The highest BCUT2D eigenvalue weighted by Gasteiger charge is 2.57. The molecule has 1 unspecified atom stereocenters. The third-order valence-corrected chi connectivity index (χ3v) is 8.59. The fraction of sp³-hybridized carbons (Fsp3) is 0.387. The quantitative estimate of drug-likeness (QED) is 0.452. The lowest BCUT2D eigenvalue weighted by atomic mass is 9.89. The SMILES string of the molecule is CCC(CC(=O)O)c1ccc2c(c1)N(c1ccc(C)cc1)C[C@@]13C[C@@H](CN21)N(Cc1ccccc1)C3. The average Bonchev–Trinajstić information content (AvgIpc) is 3.42. The molecule has 3 aliphatic rings. The predicted molar refractivity (Wildman–Crippen MR) is 145 cm³/mol. The second kappa shape index (κ2) is 8.97. The smallest absolute Gasteiger partial charge is 0.303 e. The minimum absolute atomic E-state index is 0.0277. The van der Waals surface area contributed by atoms with Crippen LogP contribution in [-0.4, -0.2) is 47.2 Å². The summed E-state index contributed by atoms with van der Waals surface area (Å²) >= 11 is 0. The highest BCUT2D eigenvalue weighted by Crippen LogP contribution is 2.52. The number of hydrogen-bond acceptors (Lipinski definition) is 4. The number of rotatable bonds is 7. The van der Waals surface area contributed by atoms with Gasteiger partial charge in [0.05, 0.1) is 23.3 Å². The number of nitrogens with zero attached hydrogens (tertiary/aromatic N) is 3. The summed E-state index contributed by atoms with van der Waals surface area (Å²) in [5.74, 6) is -0.704. The van der Waals surface area contributed by atoms with Crippen molar-refractivity contribution in [1.29, 1.82) is 0 Å². The van der Waals surface area contributed by atoms with Gasteiger partial charge >= 0.3 is 5.97 Å². The van der Waals surface area contributed by atoms with Gasteiger partial charge in [-0.15, -0.1) is 0 Å². The summed E-state index contributed by atoms with van der Waals surface area (Å²) in [6.07, 6.45) is 2.17. The number of aryl methyl sites for hydroxylation is 1. The van der Waals surface area contributed by atoms with E-state index in [1.807, 2.05) is 0 Å². The number of likely N-dealkylation sites (tertiary alicyclic amines) is 1. The van der Waals surface area contributed by atoms with Crippen molar-refractivity contribution < 1.29 is 9.90 Å². The molecule has 3 aromatic carbocycles. The van der Waals surface area contributed by atoms with E-state index in [9.17, 15) is 9.90 Å². The van der Waals surface area contributed by atoms with Crippen LogP contribution in [0, 0.1) is 6.92 Å². The maximum Gasteiger partial charge on any atom is 0.303 e. The Balaban J connectivity index is 1.38. The molecule has 0 aromatic heterocycles. The molecule has 186 valence electrons. The topological polar surface area (TPSA) is 47.0 Å². The molecule has 0 amide bonds. The number of anilines is 3. The Labute approximate surface area is 214 Å². The Morgan fingerprint density at radius 3 is 2.53 bits per heavy atom. The first-order valence-corrected chi connectivity index (χ1v) is 13.2. The van der Waals surface area contributed by atoms with Crippen LogP contribution in [-0.2, 0) is 11.3 Å². The largest absolute Gasteiger partial charge is 0.481 e. The third kappa shape index (κ3) is 3.96. The number of piperazine rings is 1. The third-order valence-electron chi connectivity index (χ3n) is 8.59. The molecule has 5 nitrogen and oxygen atoms in total. The Morgan fingerprint density at radius 1 is 1.03 bits per heavy atom. The molecule has 36 heavy (non-hydrogen) atoms. The van der Waals surface area contributed by atoms with Gasteiger partial charge in [-0.05, 0) is 61.1 Å². The van der Waals surface area contributed by atoms with Crippen LogP contribution in [0.3, 0.4) is 0 Å². The Bertz CT molecular complexity index is 1260. The summed E-state index contributed by atoms with van der Waals surface area (Å²) < 4.78 is 0. The molecule has 3 atom stereocenters. The number of benzene rings is 3. The fourth-order valence-electron chi connectivity index (χ4n) is 6.76. The number of hydrogen-bond donors (Lipinski definition) is 1. The molecular weight excluding hydrogens is 446 g/mol. The lowest BCUT2D eigenvalue weighted by Gasteiger charge is -2.51. The van der Waals surface area contributed by atoms with Gasteiger partial charge < -0.3 is 14.9 Å². The Morgan fingerprint density at radius 2 is 1.81 bits per heavy atom.